The molecule has 1 aliphatic heterocycles. The molecule has 15 heavy (non-hydrogen) atoms. The molecule has 0 bridgehead atoms. The molecule has 1 aliphatic rings. The Bertz CT molecular complexity index is 326. The fourth-order valence-electron chi connectivity index (χ4n) is 1.78. The minimum absolute atomic E-state index is 0.365. The van der Waals surface area contributed by atoms with Crippen molar-refractivity contribution in [1.29, 1.82) is 0 Å². The molecule has 2 heterocycles. The lowest BCUT2D eigenvalue weighted by molar-refractivity contribution is 0.120. The van der Waals surface area contributed by atoms with Gasteiger partial charge in [0.15, 0.2) is 0 Å². The molecule has 1 N–H and O–H groups in total. The Balaban J connectivity index is 2.13. The van der Waals surface area contributed by atoms with Crippen molar-refractivity contribution in [1.82, 2.24) is 4.98 Å². The van der Waals surface area contributed by atoms with Crippen LogP contribution in [0.15, 0.2) is 18.5 Å². The molecule has 3 nitrogen and oxygen atoms in total. The summed E-state index contributed by atoms with van der Waals surface area (Å²) in [5, 5.41) is 10.1. The van der Waals surface area contributed by atoms with Gasteiger partial charge in [0.05, 0.1) is 19.4 Å². The summed E-state index contributed by atoms with van der Waals surface area (Å²) in [7, 11) is 1.61. The average Bonchev–Trinajstić information content (AvgIpc) is 2.81. The highest BCUT2D eigenvalue weighted by atomic mass is 32.2. The van der Waals surface area contributed by atoms with E-state index in [4.69, 9.17) is 4.74 Å². The molecule has 1 aromatic rings. The van der Waals surface area contributed by atoms with E-state index < -0.39 is 6.10 Å². The van der Waals surface area contributed by atoms with E-state index in [9.17, 15) is 5.11 Å². The van der Waals surface area contributed by atoms with Crippen molar-refractivity contribution in [2.24, 2.45) is 5.92 Å². The molecule has 2 rings (SSSR count). The number of thioether (sulfide) groups is 1. The molecular formula is C11H15NO2S. The number of hydrogen-bond acceptors (Lipinski definition) is 4. The van der Waals surface area contributed by atoms with Crippen LogP contribution >= 0.6 is 11.8 Å². The van der Waals surface area contributed by atoms with E-state index in [1.165, 1.54) is 0 Å². The molecule has 2 unspecified atom stereocenters. The van der Waals surface area contributed by atoms with Gasteiger partial charge in [-0.25, -0.2) is 0 Å². The van der Waals surface area contributed by atoms with Gasteiger partial charge in [-0.15, -0.1) is 0 Å². The van der Waals surface area contributed by atoms with Crippen LogP contribution in [-0.4, -0.2) is 28.7 Å². The van der Waals surface area contributed by atoms with Crippen molar-refractivity contribution in [3.63, 3.8) is 0 Å². The maximum atomic E-state index is 10.1. The molecule has 1 saturated heterocycles. The lowest BCUT2D eigenvalue weighted by atomic mass is 9.96. The van der Waals surface area contributed by atoms with Crippen LogP contribution in [0.25, 0.3) is 0 Å². The lowest BCUT2D eigenvalue weighted by Crippen LogP contribution is -2.12. The zero-order valence-corrected chi connectivity index (χ0v) is 9.54. The fraction of sp³-hybridized carbons (Fsp3) is 0.545. The number of ether oxygens (including phenoxy) is 1. The fourth-order valence-corrected chi connectivity index (χ4v) is 3.07. The van der Waals surface area contributed by atoms with E-state index in [1.807, 2.05) is 17.8 Å². The van der Waals surface area contributed by atoms with Crippen LogP contribution in [0.2, 0.25) is 0 Å². The van der Waals surface area contributed by atoms with E-state index in [0.717, 1.165) is 23.5 Å². The van der Waals surface area contributed by atoms with Gasteiger partial charge in [-0.2, -0.15) is 11.8 Å². The van der Waals surface area contributed by atoms with Gasteiger partial charge in [-0.3, -0.25) is 4.98 Å². The second kappa shape index (κ2) is 4.86. The Morgan fingerprint density at radius 3 is 3.13 bits per heavy atom. The van der Waals surface area contributed by atoms with Crippen LogP contribution < -0.4 is 4.74 Å². The van der Waals surface area contributed by atoms with Crippen LogP contribution in [0.3, 0.4) is 0 Å². The third-order valence-corrected chi connectivity index (χ3v) is 3.91. The first kappa shape index (κ1) is 10.8. The monoisotopic (exact) mass is 225 g/mol. The molecule has 0 aliphatic carbocycles. The predicted octanol–water partition coefficient (Wildman–Crippen LogP) is 1.88. The molecular weight excluding hydrogens is 210 g/mol. The molecule has 2 atom stereocenters. The molecule has 4 heteroatoms. The highest BCUT2D eigenvalue weighted by Gasteiger charge is 2.25. The first-order valence-electron chi connectivity index (χ1n) is 5.06. The van der Waals surface area contributed by atoms with Crippen LogP contribution in [0.4, 0.5) is 0 Å². The van der Waals surface area contributed by atoms with Crippen molar-refractivity contribution >= 4 is 11.8 Å². The van der Waals surface area contributed by atoms with Gasteiger partial charge in [0, 0.05) is 11.8 Å². The molecule has 82 valence electrons. The molecule has 0 spiro atoms. The summed E-state index contributed by atoms with van der Waals surface area (Å²) in [6.45, 7) is 0. The van der Waals surface area contributed by atoms with Crippen LogP contribution in [-0.2, 0) is 0 Å². The lowest BCUT2D eigenvalue weighted by Gasteiger charge is -2.17. The summed E-state index contributed by atoms with van der Waals surface area (Å²) in [4.78, 5) is 4.06. The molecule has 0 radical (unpaired) electrons. The molecule has 1 aromatic heterocycles. The Labute approximate surface area is 93.9 Å². The van der Waals surface area contributed by atoms with Crippen molar-refractivity contribution < 1.29 is 9.84 Å². The summed E-state index contributed by atoms with van der Waals surface area (Å²) in [5.41, 5.74) is 0.863. The van der Waals surface area contributed by atoms with Crippen LogP contribution in [0.1, 0.15) is 18.1 Å². The maximum Gasteiger partial charge on any atom is 0.137 e. The van der Waals surface area contributed by atoms with Crippen molar-refractivity contribution in [2.45, 2.75) is 12.5 Å². The summed E-state index contributed by atoms with van der Waals surface area (Å²) < 4.78 is 5.09. The zero-order valence-electron chi connectivity index (χ0n) is 8.72. The number of rotatable bonds is 3. The first-order valence-corrected chi connectivity index (χ1v) is 6.21. The van der Waals surface area contributed by atoms with Gasteiger partial charge in [0.1, 0.15) is 5.75 Å². The number of methoxy groups -OCH3 is 1. The summed E-state index contributed by atoms with van der Waals surface area (Å²) in [6, 6.07) is 1.86. The van der Waals surface area contributed by atoms with E-state index in [1.54, 1.807) is 19.5 Å². The molecule has 0 amide bonds. The van der Waals surface area contributed by atoms with E-state index in [2.05, 4.69) is 4.98 Å². The normalized spacial score (nSPS) is 22.7. The van der Waals surface area contributed by atoms with E-state index >= 15 is 0 Å². The Hall–Kier alpha value is -0.740. The third-order valence-electron chi connectivity index (χ3n) is 2.72. The number of pyridine rings is 1. The van der Waals surface area contributed by atoms with Gasteiger partial charge < -0.3 is 9.84 Å². The largest absolute Gasteiger partial charge is 0.495 e. The number of aliphatic hydroxyl groups excluding tert-OH is 1. The smallest absolute Gasteiger partial charge is 0.137 e. The topological polar surface area (TPSA) is 42.4 Å². The van der Waals surface area contributed by atoms with E-state index in [-0.39, 0.29) is 0 Å². The Morgan fingerprint density at radius 1 is 1.60 bits per heavy atom. The highest BCUT2D eigenvalue weighted by molar-refractivity contribution is 7.99. The second-order valence-electron chi connectivity index (χ2n) is 3.73. The summed E-state index contributed by atoms with van der Waals surface area (Å²) >= 11 is 1.90. The number of nitrogens with zero attached hydrogens (tertiary/aromatic N) is 1. The van der Waals surface area contributed by atoms with Gasteiger partial charge in [0.2, 0.25) is 0 Å². The maximum absolute atomic E-state index is 10.1. The number of hydrogen-bond donors (Lipinski definition) is 1. The standard InChI is InChI=1S/C11H15NO2S/c1-14-10-4-9(5-12-6-10)11(13)8-2-3-15-7-8/h4-6,8,11,13H,2-3,7H2,1H3. The van der Waals surface area contributed by atoms with Crippen molar-refractivity contribution in [3.8, 4) is 5.75 Å². The molecule has 1 fully saturated rings. The second-order valence-corrected chi connectivity index (χ2v) is 4.88. The number of aliphatic hydroxyl groups is 1. The third kappa shape index (κ3) is 2.44. The summed E-state index contributed by atoms with van der Waals surface area (Å²) in [6.07, 6.45) is 4.06. The SMILES string of the molecule is COc1cncc(C(O)C2CCSC2)c1. The molecule has 0 saturated carbocycles. The molecule has 0 aromatic carbocycles. The van der Waals surface area contributed by atoms with Crippen LogP contribution in [0, 0.1) is 5.92 Å². The minimum atomic E-state index is -0.400. The van der Waals surface area contributed by atoms with Gasteiger partial charge in [0.25, 0.3) is 0 Å². The number of aromatic nitrogens is 1. The van der Waals surface area contributed by atoms with Crippen molar-refractivity contribution in [2.75, 3.05) is 18.6 Å². The van der Waals surface area contributed by atoms with Gasteiger partial charge in [-0.1, -0.05) is 0 Å². The summed E-state index contributed by atoms with van der Waals surface area (Å²) in [5.74, 6) is 3.26. The van der Waals surface area contributed by atoms with Gasteiger partial charge in [-0.05, 0) is 29.9 Å². The van der Waals surface area contributed by atoms with Gasteiger partial charge >= 0.3 is 0 Å². The first-order chi connectivity index (χ1) is 7.31. The van der Waals surface area contributed by atoms with E-state index in [0.29, 0.717) is 11.7 Å². The quantitative estimate of drug-likeness (QED) is 0.853. The zero-order chi connectivity index (χ0) is 10.7. The van der Waals surface area contributed by atoms with Crippen LogP contribution in [0.5, 0.6) is 5.75 Å². The van der Waals surface area contributed by atoms with Crippen molar-refractivity contribution in [3.05, 3.63) is 24.0 Å². The Morgan fingerprint density at radius 2 is 2.47 bits per heavy atom. The average molecular weight is 225 g/mol. The predicted molar refractivity (Wildman–Crippen MR) is 61.2 cm³/mol. The minimum Gasteiger partial charge on any atom is -0.495 e. The Kier molecular flexibility index (Phi) is 3.49. The highest BCUT2D eigenvalue weighted by Crippen LogP contribution is 2.34.